The van der Waals surface area contributed by atoms with Gasteiger partial charge in [0, 0.05) is 18.6 Å². The topological polar surface area (TPSA) is 61.4 Å². The van der Waals surface area contributed by atoms with Crippen LogP contribution in [0.5, 0.6) is 0 Å². The van der Waals surface area contributed by atoms with Crippen molar-refractivity contribution in [1.29, 1.82) is 0 Å². The molecule has 5 heteroatoms. The van der Waals surface area contributed by atoms with E-state index in [0.29, 0.717) is 11.8 Å². The van der Waals surface area contributed by atoms with E-state index in [-0.39, 0.29) is 24.3 Å². The highest BCUT2D eigenvalue weighted by Gasteiger charge is 2.47. The molecule has 0 saturated heterocycles. The number of aliphatic hydroxyl groups excluding tert-OH is 1. The van der Waals surface area contributed by atoms with E-state index in [1.165, 1.54) is 6.07 Å². The van der Waals surface area contributed by atoms with Gasteiger partial charge in [-0.1, -0.05) is 6.07 Å². The Bertz CT molecular complexity index is 549. The molecule has 2 aliphatic rings. The van der Waals surface area contributed by atoms with Crippen LogP contribution in [0, 0.1) is 30.5 Å². The van der Waals surface area contributed by atoms with Gasteiger partial charge < -0.3 is 15.7 Å². The predicted octanol–water partition coefficient (Wildman–Crippen LogP) is 2.66. The minimum atomic E-state index is -0.442. The van der Waals surface area contributed by atoms with E-state index in [2.05, 4.69) is 10.6 Å². The van der Waals surface area contributed by atoms with Crippen molar-refractivity contribution in [3.63, 3.8) is 0 Å². The number of benzene rings is 1. The Labute approximate surface area is 123 Å². The number of hydrogen-bond acceptors (Lipinski definition) is 2. The van der Waals surface area contributed by atoms with E-state index in [4.69, 9.17) is 0 Å². The van der Waals surface area contributed by atoms with Crippen molar-refractivity contribution in [2.24, 2.45) is 17.8 Å². The van der Waals surface area contributed by atoms with Crippen LogP contribution in [0.4, 0.5) is 14.9 Å². The van der Waals surface area contributed by atoms with E-state index in [0.717, 1.165) is 24.8 Å². The van der Waals surface area contributed by atoms with Gasteiger partial charge in [0.2, 0.25) is 0 Å². The second-order valence-electron chi connectivity index (χ2n) is 6.29. The molecule has 2 bridgehead atoms. The summed E-state index contributed by atoms with van der Waals surface area (Å²) in [6, 6.07) is 4.23. The molecule has 0 aromatic heterocycles. The Morgan fingerprint density at radius 1 is 1.38 bits per heavy atom. The number of rotatable bonds is 3. The van der Waals surface area contributed by atoms with Crippen LogP contribution < -0.4 is 10.6 Å². The summed E-state index contributed by atoms with van der Waals surface area (Å²) in [7, 11) is 0. The minimum Gasteiger partial charge on any atom is -0.396 e. The third-order valence-electron chi connectivity index (χ3n) is 4.97. The molecule has 4 nitrogen and oxygen atoms in total. The average molecular weight is 292 g/mol. The molecule has 3 rings (SSSR count). The van der Waals surface area contributed by atoms with Gasteiger partial charge in [-0.3, -0.25) is 0 Å². The number of anilines is 1. The number of aryl methyl sites for hydroxylation is 1. The van der Waals surface area contributed by atoms with Crippen molar-refractivity contribution in [3.05, 3.63) is 29.6 Å². The van der Waals surface area contributed by atoms with Crippen molar-refractivity contribution in [2.45, 2.75) is 32.2 Å². The van der Waals surface area contributed by atoms with Crippen LogP contribution in [0.2, 0.25) is 0 Å². The van der Waals surface area contributed by atoms with Crippen molar-refractivity contribution >= 4 is 11.7 Å². The first-order chi connectivity index (χ1) is 10.1. The number of hydrogen-bond donors (Lipinski definition) is 3. The summed E-state index contributed by atoms with van der Waals surface area (Å²) < 4.78 is 13.7. The number of urea groups is 1. The van der Waals surface area contributed by atoms with Gasteiger partial charge in [-0.2, -0.15) is 0 Å². The summed E-state index contributed by atoms with van der Waals surface area (Å²) >= 11 is 0. The molecule has 0 heterocycles. The number of nitrogens with one attached hydrogen (secondary N) is 2. The third kappa shape index (κ3) is 2.75. The zero-order valence-electron chi connectivity index (χ0n) is 12.1. The molecule has 114 valence electrons. The summed E-state index contributed by atoms with van der Waals surface area (Å²) in [5.74, 6) is 0.653. The van der Waals surface area contributed by atoms with E-state index in [9.17, 15) is 14.3 Å². The van der Waals surface area contributed by atoms with Crippen LogP contribution in [0.3, 0.4) is 0 Å². The molecular weight excluding hydrogens is 271 g/mol. The molecule has 1 aromatic rings. The lowest BCUT2D eigenvalue weighted by atomic mass is 9.85. The molecule has 1 aromatic carbocycles. The molecule has 4 atom stereocenters. The highest BCUT2D eigenvalue weighted by atomic mass is 19.1. The summed E-state index contributed by atoms with van der Waals surface area (Å²) in [6.45, 7) is 1.95. The predicted molar refractivity (Wildman–Crippen MR) is 78.5 cm³/mol. The summed E-state index contributed by atoms with van der Waals surface area (Å²) in [4.78, 5) is 12.1. The number of carbonyl (C=O) groups is 1. The standard InChI is InChI=1S/C16H21FN2O2/c1-9-2-5-13(17)14(6-9)18-16(21)19-15-11-4-3-10(7-11)12(15)8-20/h2,5-6,10-12,15,20H,3-4,7-8H2,1H3,(H2,18,19,21). The zero-order chi connectivity index (χ0) is 15.0. The van der Waals surface area contributed by atoms with Gasteiger partial charge in [-0.05, 0) is 55.7 Å². The van der Waals surface area contributed by atoms with Crippen LogP contribution in [-0.2, 0) is 0 Å². The molecule has 3 N–H and O–H groups in total. The molecule has 4 unspecified atom stereocenters. The SMILES string of the molecule is Cc1ccc(F)c(NC(=O)NC2C3CCC(C3)C2CO)c1. The molecule has 2 amide bonds. The lowest BCUT2D eigenvalue weighted by Crippen LogP contribution is -2.46. The van der Waals surface area contributed by atoms with Crippen LogP contribution in [0.15, 0.2) is 18.2 Å². The van der Waals surface area contributed by atoms with Crippen LogP contribution in [-0.4, -0.2) is 23.8 Å². The van der Waals surface area contributed by atoms with Gasteiger partial charge in [0.1, 0.15) is 5.82 Å². The lowest BCUT2D eigenvalue weighted by Gasteiger charge is -2.30. The number of fused-ring (bicyclic) bond motifs is 2. The Hall–Kier alpha value is -1.62. The van der Waals surface area contributed by atoms with Crippen molar-refractivity contribution < 1.29 is 14.3 Å². The van der Waals surface area contributed by atoms with E-state index in [1.54, 1.807) is 12.1 Å². The zero-order valence-corrected chi connectivity index (χ0v) is 12.1. The maximum atomic E-state index is 13.7. The van der Waals surface area contributed by atoms with Crippen LogP contribution >= 0.6 is 0 Å². The van der Waals surface area contributed by atoms with Gasteiger partial charge in [0.15, 0.2) is 0 Å². The number of aliphatic hydroxyl groups is 1. The van der Waals surface area contributed by atoms with Crippen LogP contribution in [0.1, 0.15) is 24.8 Å². The van der Waals surface area contributed by atoms with E-state index >= 15 is 0 Å². The fraction of sp³-hybridized carbons (Fsp3) is 0.562. The first-order valence-electron chi connectivity index (χ1n) is 7.53. The highest BCUT2D eigenvalue weighted by molar-refractivity contribution is 5.89. The maximum absolute atomic E-state index is 13.7. The highest BCUT2D eigenvalue weighted by Crippen LogP contribution is 2.48. The maximum Gasteiger partial charge on any atom is 0.319 e. The molecule has 0 aliphatic heterocycles. The monoisotopic (exact) mass is 292 g/mol. The molecule has 2 fully saturated rings. The van der Waals surface area contributed by atoms with Gasteiger partial charge in [-0.25, -0.2) is 9.18 Å². The van der Waals surface area contributed by atoms with E-state index in [1.807, 2.05) is 6.92 Å². The van der Waals surface area contributed by atoms with Crippen molar-refractivity contribution in [2.75, 3.05) is 11.9 Å². The van der Waals surface area contributed by atoms with Gasteiger partial charge >= 0.3 is 6.03 Å². The average Bonchev–Trinajstić information content (AvgIpc) is 3.03. The normalized spacial score (nSPS) is 30.4. The molecule has 2 aliphatic carbocycles. The smallest absolute Gasteiger partial charge is 0.319 e. The second kappa shape index (κ2) is 5.64. The van der Waals surface area contributed by atoms with Gasteiger partial charge in [0.25, 0.3) is 0 Å². The Balaban J connectivity index is 1.65. The fourth-order valence-corrected chi connectivity index (χ4v) is 3.94. The number of amides is 2. The summed E-state index contributed by atoms with van der Waals surface area (Å²) in [5, 5.41) is 15.0. The first kappa shape index (κ1) is 14.3. The third-order valence-corrected chi connectivity index (χ3v) is 4.97. The molecular formula is C16H21FN2O2. The van der Waals surface area contributed by atoms with Crippen LogP contribution in [0.25, 0.3) is 0 Å². The Morgan fingerprint density at radius 3 is 2.90 bits per heavy atom. The molecule has 2 saturated carbocycles. The van der Waals surface area contributed by atoms with Gasteiger partial charge in [0.05, 0.1) is 5.69 Å². The molecule has 0 radical (unpaired) electrons. The summed E-state index contributed by atoms with van der Waals surface area (Å²) in [5.41, 5.74) is 1.08. The molecule has 21 heavy (non-hydrogen) atoms. The first-order valence-corrected chi connectivity index (χ1v) is 7.53. The Morgan fingerprint density at radius 2 is 2.14 bits per heavy atom. The molecule has 0 spiro atoms. The quantitative estimate of drug-likeness (QED) is 0.802. The minimum absolute atomic E-state index is 0.00150. The fourth-order valence-electron chi connectivity index (χ4n) is 3.94. The van der Waals surface area contributed by atoms with E-state index < -0.39 is 11.8 Å². The lowest BCUT2D eigenvalue weighted by molar-refractivity contribution is 0.146. The van der Waals surface area contributed by atoms with Crippen molar-refractivity contribution in [1.82, 2.24) is 5.32 Å². The van der Waals surface area contributed by atoms with Crippen molar-refractivity contribution in [3.8, 4) is 0 Å². The largest absolute Gasteiger partial charge is 0.396 e. The number of halogens is 1. The van der Waals surface area contributed by atoms with Gasteiger partial charge in [-0.15, -0.1) is 0 Å². The summed E-state index contributed by atoms with van der Waals surface area (Å²) in [6.07, 6.45) is 3.32. The Kier molecular flexibility index (Phi) is 3.85. The second-order valence-corrected chi connectivity index (χ2v) is 6.29. The number of carbonyl (C=O) groups excluding carboxylic acids is 1.